The summed E-state index contributed by atoms with van der Waals surface area (Å²) in [5.74, 6) is -0.0276. The number of aliphatic hydroxyl groups is 2. The van der Waals surface area contributed by atoms with Crippen molar-refractivity contribution in [2.45, 2.75) is 12.1 Å². The van der Waals surface area contributed by atoms with E-state index in [-0.39, 0.29) is 11.3 Å². The molecule has 0 spiro atoms. The molecule has 0 saturated carbocycles. The summed E-state index contributed by atoms with van der Waals surface area (Å²) in [6.07, 6.45) is 0.369. The minimum absolute atomic E-state index is 0.126. The average Bonchev–Trinajstić information content (AvgIpc) is 3.27. The molecule has 0 bridgehead atoms. The molecule has 2 atom stereocenters. The molecular formula is C22H19N5O5. The smallest absolute Gasteiger partial charge is 0.269 e. The van der Waals surface area contributed by atoms with Crippen molar-refractivity contribution < 1.29 is 19.9 Å². The lowest BCUT2D eigenvalue weighted by molar-refractivity contribution is -0.384. The van der Waals surface area contributed by atoms with Crippen LogP contribution in [0.4, 0.5) is 5.69 Å². The van der Waals surface area contributed by atoms with Crippen LogP contribution in [0.5, 0.6) is 0 Å². The van der Waals surface area contributed by atoms with Crippen LogP contribution in [-0.4, -0.2) is 48.6 Å². The SMILES string of the molecule is O=C(N[C@H](CO)[C@H](O)c1ccc([N+](=O)[O-])cc1)c1cccc2[nH]c(-c3ccccn3)nc12. The Morgan fingerprint density at radius 1 is 1.12 bits per heavy atom. The number of pyridine rings is 1. The van der Waals surface area contributed by atoms with Crippen molar-refractivity contribution in [2.24, 2.45) is 0 Å². The lowest BCUT2D eigenvalue weighted by Crippen LogP contribution is -2.42. The van der Waals surface area contributed by atoms with Crippen LogP contribution in [0.1, 0.15) is 22.0 Å². The summed E-state index contributed by atoms with van der Waals surface area (Å²) in [7, 11) is 0. The number of nitrogens with zero attached hydrogens (tertiary/aromatic N) is 3. The molecule has 0 unspecified atom stereocenters. The summed E-state index contributed by atoms with van der Waals surface area (Å²) in [4.78, 5) is 35.1. The fraction of sp³-hybridized carbons (Fsp3) is 0.136. The number of nitro benzene ring substituents is 1. The van der Waals surface area contributed by atoms with Crippen LogP contribution in [0.25, 0.3) is 22.6 Å². The molecule has 2 aromatic heterocycles. The summed E-state index contributed by atoms with van der Waals surface area (Å²) in [6.45, 7) is -0.542. The number of fused-ring (bicyclic) bond motifs is 1. The molecule has 10 heteroatoms. The number of para-hydroxylation sites is 1. The van der Waals surface area contributed by atoms with E-state index in [0.29, 0.717) is 28.1 Å². The second-order valence-electron chi connectivity index (χ2n) is 7.06. The second-order valence-corrected chi connectivity index (χ2v) is 7.06. The van der Waals surface area contributed by atoms with Crippen LogP contribution in [0.15, 0.2) is 66.9 Å². The zero-order valence-electron chi connectivity index (χ0n) is 16.7. The molecule has 4 N–H and O–H groups in total. The highest BCUT2D eigenvalue weighted by atomic mass is 16.6. The molecule has 0 radical (unpaired) electrons. The molecule has 0 aliphatic carbocycles. The van der Waals surface area contributed by atoms with Crippen molar-refractivity contribution in [1.82, 2.24) is 20.3 Å². The van der Waals surface area contributed by atoms with Gasteiger partial charge in [-0.3, -0.25) is 19.9 Å². The Morgan fingerprint density at radius 2 is 1.91 bits per heavy atom. The van der Waals surface area contributed by atoms with E-state index in [0.717, 1.165) is 0 Å². The molecule has 2 aromatic carbocycles. The van der Waals surface area contributed by atoms with Crippen LogP contribution in [0.2, 0.25) is 0 Å². The molecule has 0 saturated heterocycles. The number of aromatic amines is 1. The van der Waals surface area contributed by atoms with E-state index in [9.17, 15) is 25.1 Å². The van der Waals surface area contributed by atoms with E-state index in [2.05, 4.69) is 20.3 Å². The quantitative estimate of drug-likeness (QED) is 0.258. The minimum atomic E-state index is -1.27. The van der Waals surface area contributed by atoms with Gasteiger partial charge in [-0.05, 0) is 42.0 Å². The van der Waals surface area contributed by atoms with Gasteiger partial charge in [-0.1, -0.05) is 12.1 Å². The lowest BCUT2D eigenvalue weighted by atomic mass is 10.0. The number of aromatic nitrogens is 3. The van der Waals surface area contributed by atoms with Crippen molar-refractivity contribution in [3.05, 3.63) is 88.1 Å². The van der Waals surface area contributed by atoms with Crippen LogP contribution < -0.4 is 5.32 Å². The fourth-order valence-corrected chi connectivity index (χ4v) is 3.34. The highest BCUT2D eigenvalue weighted by Gasteiger charge is 2.25. The first kappa shape index (κ1) is 21.1. The first-order valence-corrected chi connectivity index (χ1v) is 9.72. The Balaban J connectivity index is 1.58. The van der Waals surface area contributed by atoms with E-state index >= 15 is 0 Å². The Labute approximate surface area is 181 Å². The molecule has 4 aromatic rings. The van der Waals surface area contributed by atoms with Gasteiger partial charge in [0, 0.05) is 18.3 Å². The van der Waals surface area contributed by atoms with Crippen LogP contribution >= 0.6 is 0 Å². The average molecular weight is 433 g/mol. The Morgan fingerprint density at radius 3 is 2.56 bits per heavy atom. The summed E-state index contributed by atoms with van der Waals surface area (Å²) < 4.78 is 0. The molecule has 0 aliphatic heterocycles. The monoisotopic (exact) mass is 433 g/mol. The molecule has 10 nitrogen and oxygen atoms in total. The predicted molar refractivity (Wildman–Crippen MR) is 116 cm³/mol. The third-order valence-electron chi connectivity index (χ3n) is 5.00. The van der Waals surface area contributed by atoms with E-state index in [1.54, 1.807) is 36.5 Å². The zero-order valence-corrected chi connectivity index (χ0v) is 16.7. The van der Waals surface area contributed by atoms with Gasteiger partial charge in [-0.15, -0.1) is 0 Å². The number of rotatable bonds is 7. The lowest BCUT2D eigenvalue weighted by Gasteiger charge is -2.22. The normalized spacial score (nSPS) is 12.9. The van der Waals surface area contributed by atoms with E-state index in [4.69, 9.17) is 0 Å². The van der Waals surface area contributed by atoms with Gasteiger partial charge in [0.25, 0.3) is 11.6 Å². The van der Waals surface area contributed by atoms with Gasteiger partial charge in [0.05, 0.1) is 28.7 Å². The van der Waals surface area contributed by atoms with E-state index < -0.39 is 29.6 Å². The first-order chi connectivity index (χ1) is 15.5. The number of H-pyrrole nitrogens is 1. The maximum Gasteiger partial charge on any atom is 0.269 e. The van der Waals surface area contributed by atoms with Crippen molar-refractivity contribution in [1.29, 1.82) is 0 Å². The number of benzene rings is 2. The number of nitrogens with one attached hydrogen (secondary N) is 2. The maximum atomic E-state index is 13.0. The molecule has 32 heavy (non-hydrogen) atoms. The number of amides is 1. The van der Waals surface area contributed by atoms with Crippen molar-refractivity contribution in [3.63, 3.8) is 0 Å². The van der Waals surface area contributed by atoms with Crippen molar-refractivity contribution >= 4 is 22.6 Å². The Kier molecular flexibility index (Phi) is 5.88. The number of carbonyl (C=O) groups is 1. The number of nitro groups is 1. The van der Waals surface area contributed by atoms with Crippen molar-refractivity contribution in [3.8, 4) is 11.5 Å². The van der Waals surface area contributed by atoms with Crippen LogP contribution in [-0.2, 0) is 0 Å². The zero-order chi connectivity index (χ0) is 22.7. The molecule has 162 valence electrons. The first-order valence-electron chi connectivity index (χ1n) is 9.72. The topological polar surface area (TPSA) is 154 Å². The van der Waals surface area contributed by atoms with Crippen molar-refractivity contribution in [2.75, 3.05) is 6.61 Å². The van der Waals surface area contributed by atoms with Gasteiger partial charge in [-0.2, -0.15) is 0 Å². The Hall–Kier alpha value is -4.15. The maximum absolute atomic E-state index is 13.0. The van der Waals surface area contributed by atoms with Gasteiger partial charge >= 0.3 is 0 Å². The summed E-state index contributed by atoms with van der Waals surface area (Å²) in [5, 5.41) is 33.8. The summed E-state index contributed by atoms with van der Waals surface area (Å²) >= 11 is 0. The van der Waals surface area contributed by atoms with Gasteiger partial charge < -0.3 is 20.5 Å². The highest BCUT2D eigenvalue weighted by Crippen LogP contribution is 2.23. The number of imidazole rings is 1. The third kappa shape index (κ3) is 4.17. The number of aliphatic hydroxyl groups excluding tert-OH is 2. The standard InChI is InChI=1S/C22H19N5O5/c28-12-18(20(29)13-7-9-14(10-8-13)27(31)32)25-22(30)15-4-3-6-16-19(15)26-21(24-16)17-5-1-2-11-23-17/h1-11,18,20,28-29H,12H2,(H,24,26)(H,25,30)/t18-,20-/m1/s1. The molecule has 0 fully saturated rings. The third-order valence-corrected chi connectivity index (χ3v) is 5.00. The molecular weight excluding hydrogens is 414 g/mol. The number of hydrogen-bond acceptors (Lipinski definition) is 7. The van der Waals surface area contributed by atoms with Gasteiger partial charge in [-0.25, -0.2) is 4.98 Å². The predicted octanol–water partition coefficient (Wildman–Crippen LogP) is 2.36. The molecule has 0 aliphatic rings. The number of carbonyl (C=O) groups excluding carboxylic acids is 1. The summed E-state index contributed by atoms with van der Waals surface area (Å²) in [5.41, 5.74) is 2.14. The highest BCUT2D eigenvalue weighted by molar-refractivity contribution is 6.05. The molecule has 1 amide bonds. The largest absolute Gasteiger partial charge is 0.394 e. The van der Waals surface area contributed by atoms with Gasteiger partial charge in [0.2, 0.25) is 0 Å². The minimum Gasteiger partial charge on any atom is -0.394 e. The molecule has 4 rings (SSSR count). The molecule has 2 heterocycles. The van der Waals surface area contributed by atoms with Gasteiger partial charge in [0.15, 0.2) is 5.82 Å². The second kappa shape index (κ2) is 8.92. The van der Waals surface area contributed by atoms with Crippen LogP contribution in [0.3, 0.4) is 0 Å². The van der Waals surface area contributed by atoms with E-state index in [1.165, 1.54) is 24.3 Å². The number of hydrogen-bond donors (Lipinski definition) is 4. The van der Waals surface area contributed by atoms with Gasteiger partial charge in [0.1, 0.15) is 17.3 Å². The fourth-order valence-electron chi connectivity index (χ4n) is 3.34. The van der Waals surface area contributed by atoms with E-state index in [1.807, 2.05) is 6.07 Å². The number of non-ortho nitro benzene ring substituents is 1. The van der Waals surface area contributed by atoms with Crippen LogP contribution in [0, 0.1) is 10.1 Å². The summed E-state index contributed by atoms with van der Waals surface area (Å²) in [6, 6.07) is 14.7. The Bertz CT molecular complexity index is 1260.